The molecule has 0 bridgehead atoms. The van der Waals surface area contributed by atoms with Gasteiger partial charge in [0.1, 0.15) is 29.5 Å². The van der Waals surface area contributed by atoms with Crippen LogP contribution in [0.3, 0.4) is 0 Å². The number of nitrogens with zero attached hydrogens (tertiary/aromatic N) is 3. The molecule has 8 nitrogen and oxygen atoms in total. The summed E-state index contributed by atoms with van der Waals surface area (Å²) in [5.74, 6) is 1.63. The van der Waals surface area contributed by atoms with Crippen LogP contribution < -0.4 is 4.74 Å². The van der Waals surface area contributed by atoms with Gasteiger partial charge >= 0.3 is 5.97 Å². The highest BCUT2D eigenvalue weighted by Gasteiger charge is 2.33. The third kappa shape index (κ3) is 5.18. The minimum atomic E-state index is -0.467. The summed E-state index contributed by atoms with van der Waals surface area (Å²) >= 11 is 19.5. The van der Waals surface area contributed by atoms with E-state index in [2.05, 4.69) is 15.3 Å². The molecular weight excluding hydrogens is 577 g/mol. The molecule has 0 N–H and O–H groups in total. The highest BCUT2D eigenvalue weighted by Crippen LogP contribution is 2.46. The van der Waals surface area contributed by atoms with E-state index < -0.39 is 5.97 Å². The number of benzene rings is 2. The lowest BCUT2D eigenvalue weighted by atomic mass is 10.0. The van der Waals surface area contributed by atoms with Gasteiger partial charge in [0.15, 0.2) is 5.76 Å². The molecule has 1 aliphatic rings. The summed E-state index contributed by atoms with van der Waals surface area (Å²) < 4.78 is 22.1. The molecule has 2 aromatic carbocycles. The SMILES string of the molecule is COC(=O)c1ccc(-c2cc(-c3ccc(OCc4c(-c5c(Cl)cccc5Cl)noc4C4CC4)cc3Cl)on2)nc1. The number of pyridine rings is 1. The van der Waals surface area contributed by atoms with Gasteiger partial charge in [0.25, 0.3) is 0 Å². The molecule has 202 valence electrons. The van der Waals surface area contributed by atoms with Crippen LogP contribution in [0.1, 0.15) is 40.4 Å². The van der Waals surface area contributed by atoms with Crippen LogP contribution in [0.25, 0.3) is 34.0 Å². The van der Waals surface area contributed by atoms with Gasteiger partial charge in [-0.15, -0.1) is 0 Å². The number of methoxy groups -OCH3 is 1. The Bertz CT molecular complexity index is 1690. The topological polar surface area (TPSA) is 100 Å². The van der Waals surface area contributed by atoms with E-state index in [4.69, 9.17) is 53.3 Å². The minimum absolute atomic E-state index is 0.196. The van der Waals surface area contributed by atoms with Crippen LogP contribution >= 0.6 is 34.8 Å². The summed E-state index contributed by atoms with van der Waals surface area (Å²) in [5.41, 5.74) is 3.99. The second-order valence-electron chi connectivity index (χ2n) is 9.18. The Hall–Kier alpha value is -3.85. The highest BCUT2D eigenvalue weighted by atomic mass is 35.5. The van der Waals surface area contributed by atoms with E-state index in [1.807, 2.05) is 0 Å². The zero-order valence-corrected chi connectivity index (χ0v) is 23.3. The molecule has 3 aromatic heterocycles. The van der Waals surface area contributed by atoms with Crippen LogP contribution in [0.4, 0.5) is 0 Å². The maximum atomic E-state index is 11.6. The van der Waals surface area contributed by atoms with Crippen molar-refractivity contribution in [2.75, 3.05) is 7.11 Å². The summed E-state index contributed by atoms with van der Waals surface area (Å²) in [6.45, 7) is 0.196. The van der Waals surface area contributed by atoms with Crippen LogP contribution in [-0.4, -0.2) is 28.4 Å². The van der Waals surface area contributed by atoms with Crippen LogP contribution in [0.15, 0.2) is 69.8 Å². The Morgan fingerprint density at radius 1 is 0.950 bits per heavy atom. The maximum absolute atomic E-state index is 11.6. The summed E-state index contributed by atoms with van der Waals surface area (Å²) in [5, 5.41) is 9.78. The van der Waals surface area contributed by atoms with Crippen LogP contribution in [0.5, 0.6) is 5.75 Å². The highest BCUT2D eigenvalue weighted by molar-refractivity contribution is 6.39. The third-order valence-electron chi connectivity index (χ3n) is 6.51. The molecule has 3 heterocycles. The van der Waals surface area contributed by atoms with E-state index in [-0.39, 0.29) is 6.61 Å². The van der Waals surface area contributed by atoms with Gasteiger partial charge in [0.05, 0.1) is 39.0 Å². The number of ether oxygens (including phenoxy) is 2. The average molecular weight is 597 g/mol. The van der Waals surface area contributed by atoms with E-state index in [1.165, 1.54) is 13.3 Å². The first kappa shape index (κ1) is 26.4. The number of hydrogen-bond acceptors (Lipinski definition) is 8. The first-order valence-electron chi connectivity index (χ1n) is 12.3. The zero-order chi connectivity index (χ0) is 27.8. The van der Waals surface area contributed by atoms with Gasteiger partial charge in [-0.25, -0.2) is 4.79 Å². The van der Waals surface area contributed by atoms with Gasteiger partial charge < -0.3 is 18.5 Å². The second kappa shape index (κ2) is 11.0. The van der Waals surface area contributed by atoms with Crippen molar-refractivity contribution in [2.45, 2.75) is 25.4 Å². The Kier molecular flexibility index (Phi) is 7.23. The van der Waals surface area contributed by atoms with Gasteiger partial charge in [-0.2, -0.15) is 0 Å². The van der Waals surface area contributed by atoms with E-state index in [1.54, 1.807) is 54.6 Å². The Balaban J connectivity index is 1.22. The van der Waals surface area contributed by atoms with E-state index in [0.29, 0.717) is 66.3 Å². The van der Waals surface area contributed by atoms with E-state index in [9.17, 15) is 4.79 Å². The van der Waals surface area contributed by atoms with Crippen LogP contribution in [0, 0.1) is 0 Å². The quantitative estimate of drug-likeness (QED) is 0.165. The van der Waals surface area contributed by atoms with Crippen LogP contribution in [0.2, 0.25) is 15.1 Å². The van der Waals surface area contributed by atoms with Gasteiger partial charge in [0, 0.05) is 29.3 Å². The Morgan fingerprint density at radius 2 is 1.75 bits per heavy atom. The molecular formula is C29H20Cl3N3O5. The van der Waals surface area contributed by atoms with Gasteiger partial charge in [-0.05, 0) is 55.3 Å². The van der Waals surface area contributed by atoms with Crippen molar-refractivity contribution < 1.29 is 23.3 Å². The number of carbonyl (C=O) groups excluding carboxylic acids is 1. The number of esters is 1. The monoisotopic (exact) mass is 595 g/mol. The fraction of sp³-hybridized carbons (Fsp3) is 0.172. The normalized spacial score (nSPS) is 12.9. The van der Waals surface area contributed by atoms with Crippen molar-refractivity contribution in [1.82, 2.24) is 15.3 Å². The molecule has 1 aliphatic carbocycles. The second-order valence-corrected chi connectivity index (χ2v) is 10.4. The molecule has 0 radical (unpaired) electrons. The zero-order valence-electron chi connectivity index (χ0n) is 21.0. The van der Waals surface area contributed by atoms with Crippen molar-refractivity contribution in [2.24, 2.45) is 0 Å². The minimum Gasteiger partial charge on any atom is -0.489 e. The fourth-order valence-corrected chi connectivity index (χ4v) is 5.14. The molecule has 40 heavy (non-hydrogen) atoms. The predicted molar refractivity (Wildman–Crippen MR) is 150 cm³/mol. The number of aromatic nitrogens is 3. The fourth-order valence-electron chi connectivity index (χ4n) is 4.30. The molecule has 1 saturated carbocycles. The molecule has 0 aliphatic heterocycles. The van der Waals surface area contributed by atoms with Crippen molar-refractivity contribution >= 4 is 40.8 Å². The summed E-state index contributed by atoms with van der Waals surface area (Å²) in [6, 6.07) is 15.6. The molecule has 0 unspecified atom stereocenters. The van der Waals surface area contributed by atoms with Gasteiger partial charge in [-0.1, -0.05) is 51.2 Å². The summed E-state index contributed by atoms with van der Waals surface area (Å²) in [7, 11) is 1.31. The number of rotatable bonds is 8. The van der Waals surface area contributed by atoms with Gasteiger partial charge in [0.2, 0.25) is 0 Å². The first-order chi connectivity index (χ1) is 19.4. The number of hydrogen-bond donors (Lipinski definition) is 0. The van der Waals surface area contributed by atoms with E-state index in [0.717, 1.165) is 24.2 Å². The first-order valence-corrected chi connectivity index (χ1v) is 13.4. The lowest BCUT2D eigenvalue weighted by Crippen LogP contribution is -2.01. The molecule has 0 atom stereocenters. The molecule has 0 amide bonds. The molecule has 0 saturated heterocycles. The maximum Gasteiger partial charge on any atom is 0.339 e. The van der Waals surface area contributed by atoms with E-state index >= 15 is 0 Å². The largest absolute Gasteiger partial charge is 0.489 e. The van der Waals surface area contributed by atoms with Crippen molar-refractivity contribution in [1.29, 1.82) is 0 Å². The third-order valence-corrected chi connectivity index (χ3v) is 7.46. The molecule has 0 spiro atoms. The molecule has 6 rings (SSSR count). The Labute approximate surface area is 243 Å². The van der Waals surface area contributed by atoms with Crippen LogP contribution in [-0.2, 0) is 11.3 Å². The average Bonchev–Trinajstić information content (AvgIpc) is 3.54. The summed E-state index contributed by atoms with van der Waals surface area (Å²) in [4.78, 5) is 15.9. The predicted octanol–water partition coefficient (Wildman–Crippen LogP) is 8.26. The number of halogens is 3. The van der Waals surface area contributed by atoms with Crippen molar-refractivity contribution in [3.8, 4) is 39.7 Å². The smallest absolute Gasteiger partial charge is 0.339 e. The lowest BCUT2D eigenvalue weighted by molar-refractivity contribution is 0.0600. The standard InChI is InChI=1S/C29H20Cl3N3O5/c1-37-29(36)16-7-10-23(33-13-16)24-12-25(39-34-24)18-9-8-17(11-22(18)32)38-14-19-27(35-40-28(19)15-5-6-15)26-20(30)3-2-4-21(26)31/h2-4,7-13,15H,5-6,14H2,1H3. The Morgan fingerprint density at radius 3 is 2.42 bits per heavy atom. The lowest BCUT2D eigenvalue weighted by Gasteiger charge is -2.10. The van der Waals surface area contributed by atoms with Gasteiger partial charge in [-0.3, -0.25) is 4.98 Å². The van der Waals surface area contributed by atoms with Crippen molar-refractivity contribution in [3.63, 3.8) is 0 Å². The molecule has 11 heteroatoms. The van der Waals surface area contributed by atoms with Crippen molar-refractivity contribution in [3.05, 3.63) is 92.7 Å². The summed E-state index contributed by atoms with van der Waals surface area (Å²) in [6.07, 6.45) is 3.48. The molecule has 1 fully saturated rings. The number of carbonyl (C=O) groups is 1. The molecule has 5 aromatic rings.